The summed E-state index contributed by atoms with van der Waals surface area (Å²) in [7, 11) is 0. The number of carbonyl (C=O) groups is 3. The number of hydrogen-bond donors (Lipinski definition) is 4. The summed E-state index contributed by atoms with van der Waals surface area (Å²) in [5.74, 6) is -0.283. The average molecular weight is 557 g/mol. The minimum atomic E-state index is -0.858. The quantitative estimate of drug-likeness (QED) is 0.294. The summed E-state index contributed by atoms with van der Waals surface area (Å²) in [5, 5.41) is 25.9. The lowest BCUT2D eigenvalue weighted by molar-refractivity contribution is -0.166. The van der Waals surface area contributed by atoms with E-state index in [1.807, 2.05) is 29.2 Å². The zero-order valence-electron chi connectivity index (χ0n) is 24.1. The van der Waals surface area contributed by atoms with E-state index in [4.69, 9.17) is 5.11 Å². The minimum Gasteiger partial charge on any atom is -0.396 e. The maximum Gasteiger partial charge on any atom is 0.251 e. The standard InChI is InChI=1S/C31H48N4O5/c1-2-3-18-35-29(39)26(27(37)24-9-5-4-6-10-24)33-30(40)31(35)15-19-34(20-16-31)22-23-11-13-25(14-12-23)28(38)32-17-7-8-21-36/h11-14,24,26-27,36-37H,2-10,15-22H2,1H3,(H,32,38)(H,33,40)/t26-,27-/m1/s1. The molecular formula is C31H48N4O5. The lowest BCUT2D eigenvalue weighted by atomic mass is 9.78. The van der Waals surface area contributed by atoms with E-state index in [-0.39, 0.29) is 30.2 Å². The summed E-state index contributed by atoms with van der Waals surface area (Å²) < 4.78 is 0. The Morgan fingerprint density at radius 1 is 1.07 bits per heavy atom. The number of amides is 3. The second kappa shape index (κ2) is 14.4. The fourth-order valence-electron chi connectivity index (χ4n) is 6.60. The Labute approximate surface area is 238 Å². The van der Waals surface area contributed by atoms with Gasteiger partial charge < -0.3 is 25.7 Å². The Morgan fingerprint density at radius 3 is 2.42 bits per heavy atom. The number of nitrogens with zero attached hydrogens (tertiary/aromatic N) is 2. The molecule has 4 N–H and O–H groups in total. The number of aliphatic hydroxyl groups is 2. The van der Waals surface area contributed by atoms with Gasteiger partial charge in [-0.15, -0.1) is 0 Å². The minimum absolute atomic E-state index is 0.0654. The van der Waals surface area contributed by atoms with Crippen LogP contribution in [0.2, 0.25) is 0 Å². The second-order valence-corrected chi connectivity index (χ2v) is 11.9. The van der Waals surface area contributed by atoms with Crippen molar-refractivity contribution in [2.24, 2.45) is 5.92 Å². The number of hydrogen-bond acceptors (Lipinski definition) is 6. The number of likely N-dealkylation sites (tertiary alicyclic amines) is 1. The van der Waals surface area contributed by atoms with E-state index in [2.05, 4.69) is 22.5 Å². The first-order chi connectivity index (χ1) is 19.4. The van der Waals surface area contributed by atoms with Crippen LogP contribution in [0.3, 0.4) is 0 Å². The molecule has 0 aromatic heterocycles. The van der Waals surface area contributed by atoms with Gasteiger partial charge in [0.25, 0.3) is 5.91 Å². The number of carbonyl (C=O) groups excluding carboxylic acids is 3. The van der Waals surface area contributed by atoms with Gasteiger partial charge in [0.15, 0.2) is 0 Å². The number of piperidine rings is 1. The van der Waals surface area contributed by atoms with Crippen molar-refractivity contribution in [2.45, 2.75) is 102 Å². The summed E-state index contributed by atoms with van der Waals surface area (Å²) in [4.78, 5) is 43.9. The van der Waals surface area contributed by atoms with E-state index in [1.165, 1.54) is 6.42 Å². The molecule has 3 amide bonds. The van der Waals surface area contributed by atoms with E-state index in [1.54, 1.807) is 0 Å². The highest BCUT2D eigenvalue weighted by Crippen LogP contribution is 2.36. The first-order valence-corrected chi connectivity index (χ1v) is 15.4. The molecule has 222 valence electrons. The fraction of sp³-hybridized carbons (Fsp3) is 0.710. The number of aliphatic hydroxyl groups excluding tert-OH is 2. The molecule has 1 aliphatic carbocycles. The van der Waals surface area contributed by atoms with Crippen LogP contribution in [0, 0.1) is 5.92 Å². The van der Waals surface area contributed by atoms with Crippen LogP contribution in [0.25, 0.3) is 0 Å². The average Bonchev–Trinajstić information content (AvgIpc) is 2.98. The number of benzene rings is 1. The number of unbranched alkanes of at least 4 members (excludes halogenated alkanes) is 2. The van der Waals surface area contributed by atoms with Gasteiger partial charge in [-0.25, -0.2) is 0 Å². The monoisotopic (exact) mass is 556 g/mol. The largest absolute Gasteiger partial charge is 0.396 e. The Morgan fingerprint density at radius 2 is 1.77 bits per heavy atom. The first-order valence-electron chi connectivity index (χ1n) is 15.4. The molecule has 1 saturated carbocycles. The summed E-state index contributed by atoms with van der Waals surface area (Å²) in [6.07, 6.45) is 8.60. The summed E-state index contributed by atoms with van der Waals surface area (Å²) in [6.45, 7) is 5.39. The zero-order chi connectivity index (χ0) is 28.5. The molecule has 9 heteroatoms. The fourth-order valence-corrected chi connectivity index (χ4v) is 6.60. The molecule has 2 atom stereocenters. The van der Waals surface area contributed by atoms with Crippen molar-refractivity contribution < 1.29 is 24.6 Å². The molecule has 4 rings (SSSR count). The van der Waals surface area contributed by atoms with Crippen molar-refractivity contribution in [3.63, 3.8) is 0 Å². The lowest BCUT2D eigenvalue weighted by Crippen LogP contribution is -2.75. The first kappa shape index (κ1) is 30.5. The molecule has 1 aromatic rings. The van der Waals surface area contributed by atoms with Gasteiger partial charge >= 0.3 is 0 Å². The molecule has 0 radical (unpaired) electrons. The van der Waals surface area contributed by atoms with E-state index in [0.29, 0.717) is 57.5 Å². The van der Waals surface area contributed by atoms with Crippen LogP contribution in [0.15, 0.2) is 24.3 Å². The molecule has 2 aliphatic heterocycles. The summed E-state index contributed by atoms with van der Waals surface area (Å²) in [6, 6.07) is 6.75. The van der Waals surface area contributed by atoms with E-state index in [0.717, 1.165) is 50.5 Å². The second-order valence-electron chi connectivity index (χ2n) is 11.9. The highest BCUT2D eigenvalue weighted by molar-refractivity contribution is 6.00. The molecule has 0 bridgehead atoms. The van der Waals surface area contributed by atoms with Gasteiger partial charge in [0, 0.05) is 44.9 Å². The molecule has 2 saturated heterocycles. The molecular weight excluding hydrogens is 508 g/mol. The molecule has 0 unspecified atom stereocenters. The van der Waals surface area contributed by atoms with Crippen LogP contribution < -0.4 is 10.6 Å². The van der Waals surface area contributed by atoms with Gasteiger partial charge in [0.2, 0.25) is 11.8 Å². The Balaban J connectivity index is 1.36. The normalized spacial score (nSPS) is 22.8. The number of piperazine rings is 1. The van der Waals surface area contributed by atoms with Crippen LogP contribution in [-0.2, 0) is 16.1 Å². The van der Waals surface area contributed by atoms with Crippen LogP contribution in [0.1, 0.15) is 93.5 Å². The van der Waals surface area contributed by atoms with Crippen molar-refractivity contribution in [1.29, 1.82) is 0 Å². The van der Waals surface area contributed by atoms with Gasteiger partial charge in [-0.1, -0.05) is 44.7 Å². The van der Waals surface area contributed by atoms with E-state index < -0.39 is 17.7 Å². The van der Waals surface area contributed by atoms with Crippen molar-refractivity contribution >= 4 is 17.7 Å². The van der Waals surface area contributed by atoms with Crippen molar-refractivity contribution in [1.82, 2.24) is 20.4 Å². The van der Waals surface area contributed by atoms with Crippen molar-refractivity contribution in [3.05, 3.63) is 35.4 Å². The highest BCUT2D eigenvalue weighted by Gasteiger charge is 2.55. The highest BCUT2D eigenvalue weighted by atomic mass is 16.3. The van der Waals surface area contributed by atoms with E-state index in [9.17, 15) is 19.5 Å². The molecule has 3 aliphatic rings. The third kappa shape index (κ3) is 7.04. The van der Waals surface area contributed by atoms with Gasteiger partial charge in [0.1, 0.15) is 11.6 Å². The summed E-state index contributed by atoms with van der Waals surface area (Å²) in [5.41, 5.74) is 0.846. The third-order valence-corrected chi connectivity index (χ3v) is 9.14. The van der Waals surface area contributed by atoms with Gasteiger partial charge in [-0.05, 0) is 68.6 Å². The Hall–Kier alpha value is -2.49. The Kier molecular flexibility index (Phi) is 11.0. The number of rotatable bonds is 12. The maximum absolute atomic E-state index is 13.8. The molecule has 1 spiro atoms. The van der Waals surface area contributed by atoms with Crippen LogP contribution in [0.5, 0.6) is 0 Å². The van der Waals surface area contributed by atoms with Gasteiger partial charge in [0.05, 0.1) is 6.10 Å². The molecule has 9 nitrogen and oxygen atoms in total. The molecule has 2 heterocycles. The van der Waals surface area contributed by atoms with Crippen molar-refractivity contribution in [3.8, 4) is 0 Å². The number of nitrogens with one attached hydrogen (secondary N) is 2. The predicted molar refractivity (Wildman–Crippen MR) is 153 cm³/mol. The molecule has 1 aromatic carbocycles. The van der Waals surface area contributed by atoms with Crippen molar-refractivity contribution in [2.75, 3.05) is 32.8 Å². The Bertz CT molecular complexity index is 986. The predicted octanol–water partition coefficient (Wildman–Crippen LogP) is 2.59. The van der Waals surface area contributed by atoms with Gasteiger partial charge in [-0.3, -0.25) is 19.3 Å². The molecule has 3 fully saturated rings. The van der Waals surface area contributed by atoms with Crippen LogP contribution in [0.4, 0.5) is 0 Å². The smallest absolute Gasteiger partial charge is 0.251 e. The van der Waals surface area contributed by atoms with Crippen LogP contribution >= 0.6 is 0 Å². The van der Waals surface area contributed by atoms with E-state index >= 15 is 0 Å². The third-order valence-electron chi connectivity index (χ3n) is 9.14. The zero-order valence-corrected chi connectivity index (χ0v) is 24.1. The van der Waals surface area contributed by atoms with Crippen LogP contribution in [-0.4, -0.2) is 88.2 Å². The lowest BCUT2D eigenvalue weighted by Gasteiger charge is -2.52. The molecule has 40 heavy (non-hydrogen) atoms. The van der Waals surface area contributed by atoms with Gasteiger partial charge in [-0.2, -0.15) is 0 Å². The SMILES string of the molecule is CCCCN1C(=O)[C@@H]([C@H](O)C2CCCCC2)NC(=O)C12CCN(Cc1ccc(C(=O)NCCCCO)cc1)CC2. The maximum atomic E-state index is 13.8. The topological polar surface area (TPSA) is 122 Å². The summed E-state index contributed by atoms with van der Waals surface area (Å²) >= 11 is 0.